The van der Waals surface area contributed by atoms with E-state index in [1.54, 1.807) is 0 Å². The summed E-state index contributed by atoms with van der Waals surface area (Å²) in [5.41, 5.74) is 2.32. The number of benzene rings is 1. The first-order chi connectivity index (χ1) is 9.95. The fraction of sp³-hybridized carbons (Fsp3) is 0.438. The van der Waals surface area contributed by atoms with Crippen LogP contribution in [0.3, 0.4) is 0 Å². The predicted molar refractivity (Wildman–Crippen MR) is 86.7 cm³/mol. The molecule has 0 spiro atoms. The Balaban J connectivity index is 2.01. The van der Waals surface area contributed by atoms with E-state index in [-0.39, 0.29) is 11.8 Å². The van der Waals surface area contributed by atoms with Gasteiger partial charge in [-0.1, -0.05) is 49.4 Å². The Morgan fingerprint density at radius 2 is 1.86 bits per heavy atom. The average Bonchev–Trinajstić information content (AvgIpc) is 2.83. The van der Waals surface area contributed by atoms with Crippen LogP contribution in [0.4, 0.5) is 5.13 Å². The van der Waals surface area contributed by atoms with Crippen molar-refractivity contribution in [1.82, 2.24) is 10.2 Å². The first-order valence-electron chi connectivity index (χ1n) is 7.15. The van der Waals surface area contributed by atoms with E-state index < -0.39 is 0 Å². The van der Waals surface area contributed by atoms with Crippen molar-refractivity contribution in [2.24, 2.45) is 5.92 Å². The molecule has 21 heavy (non-hydrogen) atoms. The van der Waals surface area contributed by atoms with E-state index in [0.717, 1.165) is 17.0 Å². The highest BCUT2D eigenvalue weighted by Gasteiger charge is 2.16. The molecule has 5 heteroatoms. The van der Waals surface area contributed by atoms with Gasteiger partial charge >= 0.3 is 0 Å². The third kappa shape index (κ3) is 4.36. The van der Waals surface area contributed by atoms with Gasteiger partial charge in [-0.2, -0.15) is 0 Å². The zero-order valence-corrected chi connectivity index (χ0v) is 13.7. The molecule has 1 N–H and O–H groups in total. The van der Waals surface area contributed by atoms with Gasteiger partial charge in [0.2, 0.25) is 11.0 Å². The minimum Gasteiger partial charge on any atom is -0.300 e. The Labute approximate surface area is 129 Å². The highest BCUT2D eigenvalue weighted by atomic mass is 32.1. The Bertz CT molecular complexity index is 604. The van der Waals surface area contributed by atoms with E-state index in [1.807, 2.05) is 26.0 Å². The number of aryl methyl sites for hydroxylation is 1. The molecule has 1 aromatic heterocycles. The van der Waals surface area contributed by atoms with Crippen LogP contribution in [0, 0.1) is 12.8 Å². The minimum absolute atomic E-state index is 0.0530. The molecule has 0 bridgehead atoms. The summed E-state index contributed by atoms with van der Waals surface area (Å²) in [6.45, 7) is 8.17. The largest absolute Gasteiger partial charge is 0.300 e. The van der Waals surface area contributed by atoms with Crippen LogP contribution >= 0.6 is 11.3 Å². The molecule has 2 rings (SSSR count). The highest BCUT2D eigenvalue weighted by molar-refractivity contribution is 7.15. The van der Waals surface area contributed by atoms with E-state index in [4.69, 9.17) is 0 Å². The third-order valence-electron chi connectivity index (χ3n) is 3.27. The molecule has 0 aliphatic rings. The van der Waals surface area contributed by atoms with Gasteiger partial charge in [-0.3, -0.25) is 4.79 Å². The summed E-state index contributed by atoms with van der Waals surface area (Å²) in [4.78, 5) is 12.2. The third-order valence-corrected chi connectivity index (χ3v) is 4.03. The monoisotopic (exact) mass is 303 g/mol. The molecule has 1 atom stereocenters. The smallest absolute Gasteiger partial charge is 0.233 e. The van der Waals surface area contributed by atoms with Gasteiger partial charge in [-0.25, -0.2) is 0 Å². The predicted octanol–water partition coefficient (Wildman–Crippen LogP) is 3.79. The Kier molecular flexibility index (Phi) is 5.07. The zero-order chi connectivity index (χ0) is 15.4. The van der Waals surface area contributed by atoms with Gasteiger partial charge in [0.25, 0.3) is 0 Å². The summed E-state index contributed by atoms with van der Waals surface area (Å²) in [6.07, 6.45) is 1.06. The highest BCUT2D eigenvalue weighted by Crippen LogP contribution is 2.21. The van der Waals surface area contributed by atoms with Crippen LogP contribution in [0.15, 0.2) is 24.3 Å². The van der Waals surface area contributed by atoms with E-state index >= 15 is 0 Å². The fourth-order valence-electron chi connectivity index (χ4n) is 2.13. The summed E-state index contributed by atoms with van der Waals surface area (Å²) in [5.74, 6) is 0.377. The molecule has 0 radical (unpaired) electrons. The second-order valence-corrected chi connectivity index (χ2v) is 6.86. The maximum atomic E-state index is 12.2. The second kappa shape index (κ2) is 6.80. The topological polar surface area (TPSA) is 54.9 Å². The molecule has 0 unspecified atom stereocenters. The van der Waals surface area contributed by atoms with Crippen molar-refractivity contribution in [3.63, 3.8) is 0 Å². The van der Waals surface area contributed by atoms with Crippen LogP contribution in [-0.2, 0) is 11.2 Å². The molecule has 1 amide bonds. The quantitative estimate of drug-likeness (QED) is 0.914. The number of aromatic nitrogens is 2. The van der Waals surface area contributed by atoms with Crippen molar-refractivity contribution in [2.45, 2.75) is 40.0 Å². The number of carbonyl (C=O) groups is 1. The van der Waals surface area contributed by atoms with Crippen LogP contribution in [-0.4, -0.2) is 16.1 Å². The molecule has 0 aliphatic heterocycles. The molecule has 0 fully saturated rings. The second-order valence-electron chi connectivity index (χ2n) is 5.68. The first kappa shape index (κ1) is 15.6. The SMILES string of the molecule is Cc1nnc(NC(=O)[C@@H](C)c2ccc(CC(C)C)cc2)s1. The molecular weight excluding hydrogens is 282 g/mol. The van der Waals surface area contributed by atoms with Gasteiger partial charge in [0, 0.05) is 0 Å². The number of hydrogen-bond donors (Lipinski definition) is 1. The average molecular weight is 303 g/mol. The van der Waals surface area contributed by atoms with Crippen LogP contribution in [0.25, 0.3) is 0 Å². The maximum Gasteiger partial charge on any atom is 0.233 e. The lowest BCUT2D eigenvalue weighted by Gasteiger charge is -2.12. The van der Waals surface area contributed by atoms with Crippen LogP contribution in [0.1, 0.15) is 42.8 Å². The number of nitrogens with zero attached hydrogens (tertiary/aromatic N) is 2. The van der Waals surface area contributed by atoms with Crippen molar-refractivity contribution in [2.75, 3.05) is 5.32 Å². The van der Waals surface area contributed by atoms with Crippen LogP contribution < -0.4 is 5.32 Å². The van der Waals surface area contributed by atoms with Crippen molar-refractivity contribution >= 4 is 22.4 Å². The van der Waals surface area contributed by atoms with Crippen molar-refractivity contribution < 1.29 is 4.79 Å². The standard InChI is InChI=1S/C16H21N3OS/c1-10(2)9-13-5-7-14(8-6-13)11(3)15(20)17-16-19-18-12(4)21-16/h5-8,10-11H,9H2,1-4H3,(H,17,19,20)/t11-/m0/s1. The van der Waals surface area contributed by atoms with E-state index in [1.165, 1.54) is 16.9 Å². The Hall–Kier alpha value is -1.75. The summed E-state index contributed by atoms with van der Waals surface area (Å²) in [6, 6.07) is 8.28. The lowest BCUT2D eigenvalue weighted by atomic mass is 9.96. The summed E-state index contributed by atoms with van der Waals surface area (Å²) >= 11 is 1.38. The Morgan fingerprint density at radius 3 is 2.38 bits per heavy atom. The van der Waals surface area contributed by atoms with Gasteiger partial charge in [0.05, 0.1) is 5.92 Å². The van der Waals surface area contributed by atoms with Crippen molar-refractivity contribution in [3.05, 3.63) is 40.4 Å². The molecule has 0 aliphatic carbocycles. The summed E-state index contributed by atoms with van der Waals surface area (Å²) in [5, 5.41) is 12.0. The molecule has 4 nitrogen and oxygen atoms in total. The van der Waals surface area contributed by atoms with Crippen LogP contribution in [0.5, 0.6) is 0 Å². The fourth-order valence-corrected chi connectivity index (χ4v) is 2.72. The van der Waals surface area contributed by atoms with Crippen molar-refractivity contribution in [3.8, 4) is 0 Å². The number of anilines is 1. The molecule has 112 valence electrons. The lowest BCUT2D eigenvalue weighted by Crippen LogP contribution is -2.18. The summed E-state index contributed by atoms with van der Waals surface area (Å²) < 4.78 is 0. The van der Waals surface area contributed by atoms with E-state index in [0.29, 0.717) is 11.0 Å². The van der Waals surface area contributed by atoms with Crippen molar-refractivity contribution in [1.29, 1.82) is 0 Å². The molecule has 0 saturated heterocycles. The van der Waals surface area contributed by atoms with Gasteiger partial charge in [0.1, 0.15) is 5.01 Å². The molecular formula is C16H21N3OS. The molecule has 1 aromatic carbocycles. The first-order valence-corrected chi connectivity index (χ1v) is 7.97. The molecule has 0 saturated carbocycles. The van der Waals surface area contributed by atoms with Gasteiger partial charge in [-0.05, 0) is 37.3 Å². The normalized spacial score (nSPS) is 12.4. The van der Waals surface area contributed by atoms with Gasteiger partial charge in [0.15, 0.2) is 0 Å². The number of nitrogens with one attached hydrogen (secondary N) is 1. The molecule has 2 aromatic rings. The van der Waals surface area contributed by atoms with Gasteiger partial charge < -0.3 is 5.32 Å². The number of amides is 1. The van der Waals surface area contributed by atoms with E-state index in [9.17, 15) is 4.79 Å². The maximum absolute atomic E-state index is 12.2. The zero-order valence-electron chi connectivity index (χ0n) is 12.9. The molecule has 1 heterocycles. The minimum atomic E-state index is -0.206. The Morgan fingerprint density at radius 1 is 1.19 bits per heavy atom. The van der Waals surface area contributed by atoms with Gasteiger partial charge in [-0.15, -0.1) is 10.2 Å². The number of hydrogen-bond acceptors (Lipinski definition) is 4. The number of carbonyl (C=O) groups excluding carboxylic acids is 1. The number of rotatable bonds is 5. The summed E-state index contributed by atoms with van der Waals surface area (Å²) in [7, 11) is 0. The van der Waals surface area contributed by atoms with Crippen LogP contribution in [0.2, 0.25) is 0 Å². The lowest BCUT2D eigenvalue weighted by molar-refractivity contribution is -0.117. The van der Waals surface area contributed by atoms with E-state index in [2.05, 4.69) is 41.5 Å².